The minimum Gasteiger partial charge on any atom is -0.424 e. The van der Waals surface area contributed by atoms with Crippen LogP contribution in [0.3, 0.4) is 0 Å². The smallest absolute Gasteiger partial charge is 0.230 e. The van der Waals surface area contributed by atoms with Gasteiger partial charge in [0.05, 0.1) is 6.54 Å². The molecule has 4 nitrogen and oxygen atoms in total. The summed E-state index contributed by atoms with van der Waals surface area (Å²) in [6.45, 7) is 6.66. The molecule has 24 heavy (non-hydrogen) atoms. The fraction of sp³-hybridized carbons (Fsp3) is 0.300. The van der Waals surface area contributed by atoms with Gasteiger partial charge in [-0.1, -0.05) is 48.5 Å². The average Bonchev–Trinajstić information content (AvgIpc) is 3.00. The van der Waals surface area contributed by atoms with Gasteiger partial charge in [-0.3, -0.25) is 0 Å². The molecule has 0 amide bonds. The topological polar surface area (TPSA) is 51.0 Å². The van der Waals surface area contributed by atoms with E-state index in [4.69, 9.17) is 4.42 Å². The van der Waals surface area contributed by atoms with Crippen LogP contribution in [0.4, 0.5) is 0 Å². The number of hydrogen-bond acceptors (Lipinski definition) is 4. The molecule has 4 heteroatoms. The summed E-state index contributed by atoms with van der Waals surface area (Å²) < 4.78 is 5.48. The average molecular weight is 321 g/mol. The van der Waals surface area contributed by atoms with Crippen LogP contribution < -0.4 is 5.32 Å². The van der Waals surface area contributed by atoms with Crippen molar-refractivity contribution in [2.24, 2.45) is 0 Å². The Morgan fingerprint density at radius 1 is 0.958 bits per heavy atom. The number of rotatable bonds is 6. The van der Waals surface area contributed by atoms with Gasteiger partial charge in [0.2, 0.25) is 11.8 Å². The molecule has 0 radical (unpaired) electrons. The summed E-state index contributed by atoms with van der Waals surface area (Å²) in [5.41, 5.74) is 5.19. The molecular formula is C20H23N3O. The summed E-state index contributed by atoms with van der Waals surface area (Å²) >= 11 is 0. The standard InChI is InChI=1S/C20H23N3O/c1-14-9-10-18(11-15(14)2)19(12-17-7-5-4-6-8-17)21-13-20-23-22-16(3)24-20/h4-11,19,21H,12-13H2,1-3H3/t19-/m0/s1. The van der Waals surface area contributed by atoms with Crippen LogP contribution in [0.2, 0.25) is 0 Å². The van der Waals surface area contributed by atoms with Gasteiger partial charge in [0.15, 0.2) is 0 Å². The van der Waals surface area contributed by atoms with E-state index in [-0.39, 0.29) is 6.04 Å². The van der Waals surface area contributed by atoms with Gasteiger partial charge in [-0.25, -0.2) is 0 Å². The van der Waals surface area contributed by atoms with Crippen molar-refractivity contribution >= 4 is 0 Å². The lowest BCUT2D eigenvalue weighted by molar-refractivity contribution is 0.421. The van der Waals surface area contributed by atoms with Gasteiger partial charge in [-0.2, -0.15) is 0 Å². The van der Waals surface area contributed by atoms with E-state index < -0.39 is 0 Å². The van der Waals surface area contributed by atoms with E-state index in [9.17, 15) is 0 Å². The summed E-state index contributed by atoms with van der Waals surface area (Å²) in [6, 6.07) is 17.3. The molecule has 0 bridgehead atoms. The normalized spacial score (nSPS) is 12.3. The molecule has 3 rings (SSSR count). The summed E-state index contributed by atoms with van der Waals surface area (Å²) in [4.78, 5) is 0. The summed E-state index contributed by atoms with van der Waals surface area (Å²) in [5, 5.41) is 11.5. The van der Waals surface area contributed by atoms with Gasteiger partial charge in [-0.05, 0) is 42.5 Å². The third-order valence-corrected chi connectivity index (χ3v) is 4.28. The van der Waals surface area contributed by atoms with E-state index in [0.29, 0.717) is 18.3 Å². The molecule has 0 aliphatic rings. The SMILES string of the molecule is Cc1nnc(CN[C@@H](Cc2ccccc2)c2ccc(C)c(C)c2)o1. The van der Waals surface area contributed by atoms with Gasteiger partial charge >= 0.3 is 0 Å². The van der Waals surface area contributed by atoms with E-state index in [1.807, 2.05) is 6.07 Å². The van der Waals surface area contributed by atoms with Crippen LogP contribution in [0.15, 0.2) is 52.9 Å². The minimum atomic E-state index is 0.193. The molecule has 0 saturated heterocycles. The van der Waals surface area contributed by atoms with Crippen LogP contribution in [-0.2, 0) is 13.0 Å². The van der Waals surface area contributed by atoms with E-state index in [1.54, 1.807) is 6.92 Å². The monoisotopic (exact) mass is 321 g/mol. The molecule has 2 aromatic carbocycles. The Bertz CT molecular complexity index is 796. The number of nitrogens with one attached hydrogen (secondary N) is 1. The van der Waals surface area contributed by atoms with Crippen molar-refractivity contribution in [1.82, 2.24) is 15.5 Å². The first-order chi connectivity index (χ1) is 11.6. The van der Waals surface area contributed by atoms with Gasteiger partial charge in [0, 0.05) is 13.0 Å². The quantitative estimate of drug-likeness (QED) is 0.743. The highest BCUT2D eigenvalue weighted by atomic mass is 16.4. The predicted octanol–water partition coefficient (Wildman–Crippen LogP) is 4.07. The Morgan fingerprint density at radius 3 is 2.42 bits per heavy atom. The van der Waals surface area contributed by atoms with Crippen LogP contribution in [0.5, 0.6) is 0 Å². The van der Waals surface area contributed by atoms with Crippen LogP contribution >= 0.6 is 0 Å². The summed E-state index contributed by atoms with van der Waals surface area (Å²) in [7, 11) is 0. The molecule has 0 saturated carbocycles. The number of benzene rings is 2. The van der Waals surface area contributed by atoms with Crippen molar-refractivity contribution in [3.05, 3.63) is 82.6 Å². The first-order valence-electron chi connectivity index (χ1n) is 8.25. The van der Waals surface area contributed by atoms with Crippen LogP contribution in [0.25, 0.3) is 0 Å². The van der Waals surface area contributed by atoms with Crippen molar-refractivity contribution < 1.29 is 4.42 Å². The molecule has 1 heterocycles. The predicted molar refractivity (Wildman–Crippen MR) is 94.7 cm³/mol. The first kappa shape index (κ1) is 16.4. The minimum absolute atomic E-state index is 0.193. The Kier molecular flexibility index (Phi) is 5.06. The lowest BCUT2D eigenvalue weighted by Gasteiger charge is -2.20. The van der Waals surface area contributed by atoms with Gasteiger partial charge in [0.25, 0.3) is 0 Å². The molecule has 0 aliphatic heterocycles. The highest BCUT2D eigenvalue weighted by molar-refractivity contribution is 5.33. The Labute approximate surface area is 142 Å². The van der Waals surface area contributed by atoms with Crippen LogP contribution in [0, 0.1) is 20.8 Å². The van der Waals surface area contributed by atoms with Crippen LogP contribution in [-0.4, -0.2) is 10.2 Å². The summed E-state index contributed by atoms with van der Waals surface area (Å²) in [6.07, 6.45) is 0.913. The maximum Gasteiger partial charge on any atom is 0.230 e. The number of nitrogens with zero attached hydrogens (tertiary/aromatic N) is 2. The van der Waals surface area contributed by atoms with Crippen molar-refractivity contribution in [2.45, 2.75) is 39.8 Å². The molecule has 0 spiro atoms. The van der Waals surface area contributed by atoms with E-state index in [0.717, 1.165) is 6.42 Å². The van der Waals surface area contributed by atoms with Crippen molar-refractivity contribution in [2.75, 3.05) is 0 Å². The summed E-state index contributed by atoms with van der Waals surface area (Å²) in [5.74, 6) is 1.21. The lowest BCUT2D eigenvalue weighted by Crippen LogP contribution is -2.23. The van der Waals surface area contributed by atoms with E-state index in [2.05, 4.69) is 71.8 Å². The van der Waals surface area contributed by atoms with E-state index in [1.165, 1.54) is 22.3 Å². The zero-order valence-electron chi connectivity index (χ0n) is 14.4. The fourth-order valence-electron chi connectivity index (χ4n) is 2.76. The highest BCUT2D eigenvalue weighted by Gasteiger charge is 2.14. The zero-order chi connectivity index (χ0) is 16.9. The maximum atomic E-state index is 5.48. The first-order valence-corrected chi connectivity index (χ1v) is 8.25. The highest BCUT2D eigenvalue weighted by Crippen LogP contribution is 2.21. The second-order valence-electron chi connectivity index (χ2n) is 6.18. The number of hydrogen-bond donors (Lipinski definition) is 1. The molecule has 0 aliphatic carbocycles. The molecule has 3 aromatic rings. The number of aryl methyl sites for hydroxylation is 3. The van der Waals surface area contributed by atoms with Crippen LogP contribution in [0.1, 0.15) is 40.1 Å². The molecular weight excluding hydrogens is 298 g/mol. The molecule has 124 valence electrons. The fourth-order valence-corrected chi connectivity index (χ4v) is 2.76. The van der Waals surface area contributed by atoms with Gasteiger partial charge < -0.3 is 9.73 Å². The molecule has 1 aromatic heterocycles. The number of aromatic nitrogens is 2. The second kappa shape index (κ2) is 7.41. The van der Waals surface area contributed by atoms with E-state index >= 15 is 0 Å². The Morgan fingerprint density at radius 2 is 1.75 bits per heavy atom. The third kappa shape index (κ3) is 4.09. The van der Waals surface area contributed by atoms with Gasteiger partial charge in [0.1, 0.15) is 0 Å². The second-order valence-corrected chi connectivity index (χ2v) is 6.18. The maximum absolute atomic E-state index is 5.48. The van der Waals surface area contributed by atoms with Gasteiger partial charge in [-0.15, -0.1) is 10.2 Å². The molecule has 0 fully saturated rings. The molecule has 1 N–H and O–H groups in total. The van der Waals surface area contributed by atoms with Crippen molar-refractivity contribution in [1.29, 1.82) is 0 Å². The van der Waals surface area contributed by atoms with Crippen molar-refractivity contribution in [3.8, 4) is 0 Å². The molecule has 0 unspecified atom stereocenters. The Hall–Kier alpha value is -2.46. The zero-order valence-corrected chi connectivity index (χ0v) is 14.4. The molecule has 1 atom stereocenters. The van der Waals surface area contributed by atoms with Crippen molar-refractivity contribution in [3.63, 3.8) is 0 Å². The largest absolute Gasteiger partial charge is 0.424 e. The Balaban J connectivity index is 1.80. The third-order valence-electron chi connectivity index (χ3n) is 4.28. The lowest BCUT2D eigenvalue weighted by atomic mass is 9.96.